The van der Waals surface area contributed by atoms with Gasteiger partial charge in [0, 0.05) is 13.1 Å². The molecule has 1 rings (SSSR count). The van der Waals surface area contributed by atoms with Crippen LogP contribution in [0.2, 0.25) is 0 Å². The molecule has 0 aromatic heterocycles. The molecule has 0 aromatic rings. The summed E-state index contributed by atoms with van der Waals surface area (Å²) in [5, 5.41) is 19.8. The Morgan fingerprint density at radius 2 is 2.14 bits per heavy atom. The first-order valence-electron chi connectivity index (χ1n) is 4.78. The Hall–Kier alpha value is -0.240. The average Bonchev–Trinajstić information content (AvgIpc) is 2.20. The molecule has 1 heterocycles. The predicted octanol–water partition coefficient (Wildman–Crippen LogP) is -1.85. The highest BCUT2D eigenvalue weighted by Gasteiger charge is 2.13. The summed E-state index contributed by atoms with van der Waals surface area (Å²) in [5.74, 6) is 0. The van der Waals surface area contributed by atoms with Crippen molar-refractivity contribution in [3.05, 3.63) is 0 Å². The number of morpholine rings is 1. The molecule has 0 saturated carbocycles. The van der Waals surface area contributed by atoms with E-state index in [2.05, 4.69) is 5.43 Å². The van der Waals surface area contributed by atoms with E-state index in [1.807, 2.05) is 5.01 Å². The molecule has 1 unspecified atom stereocenters. The molecule has 0 aromatic carbocycles. The quantitative estimate of drug-likeness (QED) is 0.350. The van der Waals surface area contributed by atoms with Gasteiger partial charge in [-0.15, -0.1) is 0 Å². The van der Waals surface area contributed by atoms with E-state index >= 15 is 0 Å². The summed E-state index contributed by atoms with van der Waals surface area (Å²) in [6, 6.07) is 0. The van der Waals surface area contributed by atoms with Crippen molar-refractivity contribution in [2.45, 2.75) is 6.23 Å². The summed E-state index contributed by atoms with van der Waals surface area (Å²) in [7, 11) is 0. The number of nitrogens with one attached hydrogen (secondary N) is 1. The molecule has 0 bridgehead atoms. The monoisotopic (exact) mass is 206 g/mol. The molecular formula is C8H18N2O4. The van der Waals surface area contributed by atoms with E-state index < -0.39 is 6.23 Å². The molecule has 1 fully saturated rings. The number of ether oxygens (including phenoxy) is 2. The lowest BCUT2D eigenvalue weighted by Gasteiger charge is -2.29. The van der Waals surface area contributed by atoms with Crippen LogP contribution in [0.15, 0.2) is 0 Å². The zero-order valence-electron chi connectivity index (χ0n) is 8.19. The van der Waals surface area contributed by atoms with Crippen LogP contribution in [0.4, 0.5) is 0 Å². The van der Waals surface area contributed by atoms with Gasteiger partial charge < -0.3 is 19.7 Å². The number of aliphatic hydroxyl groups excluding tert-OH is 2. The lowest BCUT2D eigenvalue weighted by molar-refractivity contribution is -0.0632. The highest BCUT2D eigenvalue weighted by Crippen LogP contribution is 1.93. The summed E-state index contributed by atoms with van der Waals surface area (Å²) in [5.41, 5.74) is 2.88. The van der Waals surface area contributed by atoms with Gasteiger partial charge in [-0.1, -0.05) is 0 Å². The van der Waals surface area contributed by atoms with Crippen molar-refractivity contribution >= 4 is 0 Å². The van der Waals surface area contributed by atoms with E-state index in [-0.39, 0.29) is 19.8 Å². The van der Waals surface area contributed by atoms with Crippen molar-refractivity contribution in [2.75, 3.05) is 46.1 Å². The SMILES string of the molecule is OCCOCC(O)NN1CCOCC1. The van der Waals surface area contributed by atoms with Crippen molar-refractivity contribution in [3.63, 3.8) is 0 Å². The van der Waals surface area contributed by atoms with E-state index in [0.29, 0.717) is 13.2 Å². The van der Waals surface area contributed by atoms with Crippen LogP contribution in [0.1, 0.15) is 0 Å². The van der Waals surface area contributed by atoms with Gasteiger partial charge in [0.2, 0.25) is 0 Å². The van der Waals surface area contributed by atoms with Gasteiger partial charge >= 0.3 is 0 Å². The van der Waals surface area contributed by atoms with Gasteiger partial charge in [-0.05, 0) is 0 Å². The fraction of sp³-hybridized carbons (Fsp3) is 1.00. The second-order valence-electron chi connectivity index (χ2n) is 3.04. The molecule has 1 saturated heterocycles. The number of rotatable bonds is 6. The van der Waals surface area contributed by atoms with Crippen LogP contribution in [0, 0.1) is 0 Å². The zero-order valence-corrected chi connectivity index (χ0v) is 8.19. The summed E-state index contributed by atoms with van der Waals surface area (Å²) in [6.45, 7) is 3.28. The maximum Gasteiger partial charge on any atom is 0.140 e. The molecular weight excluding hydrogens is 188 g/mol. The molecule has 0 spiro atoms. The molecule has 0 aliphatic carbocycles. The van der Waals surface area contributed by atoms with Gasteiger partial charge in [0.15, 0.2) is 0 Å². The Morgan fingerprint density at radius 1 is 1.43 bits per heavy atom. The normalized spacial score (nSPS) is 21.0. The van der Waals surface area contributed by atoms with E-state index in [4.69, 9.17) is 14.6 Å². The third-order valence-corrected chi connectivity index (χ3v) is 1.85. The standard InChI is InChI=1S/C8H18N2O4/c11-3-6-14-7-8(12)9-10-1-4-13-5-2-10/h8-9,11-12H,1-7H2. The number of aliphatic hydroxyl groups is 2. The molecule has 1 aliphatic heterocycles. The minimum absolute atomic E-state index is 0.0235. The fourth-order valence-electron chi connectivity index (χ4n) is 1.20. The Labute approximate surface area is 83.4 Å². The van der Waals surface area contributed by atoms with Gasteiger partial charge in [-0.25, -0.2) is 10.4 Å². The lowest BCUT2D eigenvalue weighted by Crippen LogP contribution is -2.51. The predicted molar refractivity (Wildman–Crippen MR) is 49.4 cm³/mol. The number of nitrogens with zero attached hydrogens (tertiary/aromatic N) is 1. The van der Waals surface area contributed by atoms with E-state index in [1.165, 1.54) is 0 Å². The minimum Gasteiger partial charge on any atom is -0.394 e. The number of hydrogen-bond donors (Lipinski definition) is 3. The molecule has 1 aliphatic rings. The first-order chi connectivity index (χ1) is 6.83. The number of hydrazine groups is 1. The van der Waals surface area contributed by atoms with Crippen molar-refractivity contribution < 1.29 is 19.7 Å². The highest BCUT2D eigenvalue weighted by atomic mass is 16.5. The van der Waals surface area contributed by atoms with Gasteiger partial charge in [-0.3, -0.25) is 0 Å². The summed E-state index contributed by atoms with van der Waals surface area (Å²) in [6.07, 6.45) is -0.723. The minimum atomic E-state index is -0.723. The van der Waals surface area contributed by atoms with Crippen LogP contribution < -0.4 is 5.43 Å². The van der Waals surface area contributed by atoms with Crippen LogP contribution in [-0.4, -0.2) is 67.6 Å². The molecule has 84 valence electrons. The van der Waals surface area contributed by atoms with Crippen LogP contribution in [0.3, 0.4) is 0 Å². The maximum absolute atomic E-state index is 9.43. The third-order valence-electron chi connectivity index (χ3n) is 1.85. The second-order valence-corrected chi connectivity index (χ2v) is 3.04. The third kappa shape index (κ3) is 4.85. The van der Waals surface area contributed by atoms with Crippen LogP contribution in [-0.2, 0) is 9.47 Å². The zero-order chi connectivity index (χ0) is 10.2. The molecule has 0 amide bonds. The van der Waals surface area contributed by atoms with Crippen molar-refractivity contribution in [1.82, 2.24) is 10.4 Å². The van der Waals surface area contributed by atoms with Crippen molar-refractivity contribution in [1.29, 1.82) is 0 Å². The van der Waals surface area contributed by atoms with Gasteiger partial charge in [0.05, 0.1) is 33.0 Å². The molecule has 0 radical (unpaired) electrons. The van der Waals surface area contributed by atoms with E-state index in [1.54, 1.807) is 0 Å². The van der Waals surface area contributed by atoms with E-state index in [0.717, 1.165) is 13.1 Å². The van der Waals surface area contributed by atoms with Crippen LogP contribution in [0.5, 0.6) is 0 Å². The first-order valence-corrected chi connectivity index (χ1v) is 4.78. The van der Waals surface area contributed by atoms with Gasteiger partial charge in [0.25, 0.3) is 0 Å². The van der Waals surface area contributed by atoms with Crippen molar-refractivity contribution in [2.24, 2.45) is 0 Å². The molecule has 1 atom stereocenters. The average molecular weight is 206 g/mol. The number of hydrogen-bond acceptors (Lipinski definition) is 6. The van der Waals surface area contributed by atoms with Crippen LogP contribution in [0.25, 0.3) is 0 Å². The summed E-state index contributed by atoms with van der Waals surface area (Å²) < 4.78 is 10.1. The Kier molecular flexibility index (Phi) is 6.00. The molecule has 3 N–H and O–H groups in total. The van der Waals surface area contributed by atoms with E-state index in [9.17, 15) is 5.11 Å². The first kappa shape index (κ1) is 11.8. The smallest absolute Gasteiger partial charge is 0.140 e. The lowest BCUT2D eigenvalue weighted by atomic mass is 10.5. The maximum atomic E-state index is 9.43. The second kappa shape index (κ2) is 7.10. The summed E-state index contributed by atoms with van der Waals surface area (Å²) in [4.78, 5) is 0. The van der Waals surface area contributed by atoms with Gasteiger partial charge in [-0.2, -0.15) is 0 Å². The highest BCUT2D eigenvalue weighted by molar-refractivity contribution is 4.58. The molecule has 14 heavy (non-hydrogen) atoms. The van der Waals surface area contributed by atoms with Crippen LogP contribution >= 0.6 is 0 Å². The topological polar surface area (TPSA) is 74.2 Å². The Bertz CT molecular complexity index is 141. The van der Waals surface area contributed by atoms with Crippen molar-refractivity contribution in [3.8, 4) is 0 Å². The molecule has 6 heteroatoms. The summed E-state index contributed by atoms with van der Waals surface area (Å²) >= 11 is 0. The van der Waals surface area contributed by atoms with Gasteiger partial charge in [0.1, 0.15) is 6.23 Å². The fourth-order valence-corrected chi connectivity index (χ4v) is 1.20. The largest absolute Gasteiger partial charge is 0.394 e. The molecule has 6 nitrogen and oxygen atoms in total. The Balaban J connectivity index is 2.03. The Morgan fingerprint density at radius 3 is 2.79 bits per heavy atom.